The van der Waals surface area contributed by atoms with Crippen LogP contribution in [0.3, 0.4) is 0 Å². The minimum absolute atomic E-state index is 0.356. The number of hydrogen-bond donors (Lipinski definition) is 0. The minimum Gasteiger partial charge on any atom is -0.452 e. The minimum atomic E-state index is -0.569. The molecule has 0 heterocycles. The van der Waals surface area contributed by atoms with Crippen LogP contribution in [0.2, 0.25) is 0 Å². The number of hydrogen-bond acceptors (Lipinski definition) is 7. The quantitative estimate of drug-likeness (QED) is 0.358. The number of amides is 1. The molecule has 164 valence electrons. The van der Waals surface area contributed by atoms with E-state index in [1.165, 1.54) is 44.6 Å². The van der Waals surface area contributed by atoms with Crippen molar-refractivity contribution in [3.8, 4) is 0 Å². The largest absolute Gasteiger partial charge is 0.452 e. The molecule has 2 rings (SSSR count). The number of methoxy groups -OCH3 is 2. The van der Waals surface area contributed by atoms with Gasteiger partial charge < -0.3 is 14.3 Å². The molecule has 1 amide bonds. The molecule has 31 heavy (non-hydrogen) atoms. The van der Waals surface area contributed by atoms with E-state index in [1.54, 1.807) is 44.2 Å². The third-order valence-corrected chi connectivity index (χ3v) is 4.32. The van der Waals surface area contributed by atoms with Gasteiger partial charge in [0.25, 0.3) is 0 Å². The molecule has 0 saturated heterocycles. The average Bonchev–Trinajstić information content (AvgIpc) is 2.78. The fourth-order valence-corrected chi connectivity index (χ4v) is 2.71. The zero-order valence-electron chi connectivity index (χ0n) is 18.1. The number of para-hydroxylation sites is 1. The Morgan fingerprint density at radius 1 is 1.10 bits per heavy atom. The lowest BCUT2D eigenvalue weighted by Gasteiger charge is -2.27. The number of ether oxygens (including phenoxy) is 2. The lowest BCUT2D eigenvalue weighted by atomic mass is 10.1. The van der Waals surface area contributed by atoms with Crippen molar-refractivity contribution < 1.29 is 23.5 Å². The van der Waals surface area contributed by atoms with Gasteiger partial charge in [-0.25, -0.2) is 9.18 Å². The summed E-state index contributed by atoms with van der Waals surface area (Å²) in [6, 6.07) is 12.9. The molecular formula is C22H25FN4O4. The first-order chi connectivity index (χ1) is 14.9. The molecule has 0 N–H and O–H groups in total. The summed E-state index contributed by atoms with van der Waals surface area (Å²) in [6.45, 7) is 3.43. The van der Waals surface area contributed by atoms with Gasteiger partial charge in [0.15, 0.2) is 0 Å². The van der Waals surface area contributed by atoms with Gasteiger partial charge in [0, 0.05) is 18.2 Å². The molecular weight excluding hydrogens is 403 g/mol. The Bertz CT molecular complexity index is 974. The second kappa shape index (κ2) is 11.6. The SMILES string of the molecule is CON=C(C(C)=NN=Cc1ccccc1N(C(=O)OC)C(C)OC)c1ccc(F)cc1. The molecule has 1 unspecified atom stereocenters. The van der Waals surface area contributed by atoms with Gasteiger partial charge in [-0.15, -0.1) is 0 Å². The molecule has 2 aromatic rings. The summed E-state index contributed by atoms with van der Waals surface area (Å²) in [4.78, 5) is 18.5. The highest BCUT2D eigenvalue weighted by Crippen LogP contribution is 2.22. The van der Waals surface area contributed by atoms with Crippen molar-refractivity contribution in [3.63, 3.8) is 0 Å². The molecule has 0 spiro atoms. The van der Waals surface area contributed by atoms with Gasteiger partial charge in [-0.2, -0.15) is 10.2 Å². The van der Waals surface area contributed by atoms with Crippen molar-refractivity contribution in [2.45, 2.75) is 20.1 Å². The van der Waals surface area contributed by atoms with Crippen LogP contribution in [-0.4, -0.2) is 51.3 Å². The van der Waals surface area contributed by atoms with Crippen LogP contribution in [0.25, 0.3) is 0 Å². The molecule has 9 heteroatoms. The van der Waals surface area contributed by atoms with Gasteiger partial charge in [0.2, 0.25) is 0 Å². The van der Waals surface area contributed by atoms with E-state index in [4.69, 9.17) is 14.3 Å². The second-order valence-electron chi connectivity index (χ2n) is 6.29. The Labute approximate surface area is 180 Å². The van der Waals surface area contributed by atoms with Crippen molar-refractivity contribution in [1.29, 1.82) is 0 Å². The molecule has 0 bridgehead atoms. The highest BCUT2D eigenvalue weighted by molar-refractivity contribution is 6.47. The first-order valence-electron chi connectivity index (χ1n) is 9.37. The molecule has 0 aromatic heterocycles. The second-order valence-corrected chi connectivity index (χ2v) is 6.29. The zero-order valence-corrected chi connectivity index (χ0v) is 18.1. The number of carbonyl (C=O) groups excluding carboxylic acids is 1. The number of halogens is 1. The Kier molecular flexibility index (Phi) is 8.83. The van der Waals surface area contributed by atoms with E-state index in [0.29, 0.717) is 28.2 Å². The van der Waals surface area contributed by atoms with Crippen LogP contribution in [0.1, 0.15) is 25.0 Å². The smallest absolute Gasteiger partial charge is 0.416 e. The predicted octanol–water partition coefficient (Wildman–Crippen LogP) is 4.24. The van der Waals surface area contributed by atoms with Gasteiger partial charge >= 0.3 is 6.09 Å². The molecule has 1 atom stereocenters. The first-order valence-corrected chi connectivity index (χ1v) is 9.37. The molecule has 0 aliphatic rings. The van der Waals surface area contributed by atoms with Crippen molar-refractivity contribution in [2.24, 2.45) is 15.4 Å². The standard InChI is InChI=1S/C22H25FN4O4/c1-15(21(26-31-5)17-10-12-19(23)13-11-17)25-24-14-18-8-6-7-9-20(18)27(16(2)29-3)22(28)30-4/h6-14,16H,1-5H3. The van der Waals surface area contributed by atoms with Crippen molar-refractivity contribution in [1.82, 2.24) is 0 Å². The number of nitrogens with zero attached hydrogens (tertiary/aromatic N) is 4. The summed E-state index contributed by atoms with van der Waals surface area (Å²) >= 11 is 0. The van der Waals surface area contributed by atoms with Crippen molar-refractivity contribution >= 4 is 29.4 Å². The van der Waals surface area contributed by atoms with Crippen LogP contribution in [-0.2, 0) is 14.3 Å². The Balaban J connectivity index is 2.36. The normalized spacial score (nSPS) is 13.2. The Hall–Kier alpha value is -3.59. The Morgan fingerprint density at radius 3 is 2.39 bits per heavy atom. The summed E-state index contributed by atoms with van der Waals surface area (Å²) in [6.07, 6.45) is 0.374. The maximum Gasteiger partial charge on any atom is 0.416 e. The van der Waals surface area contributed by atoms with Crippen molar-refractivity contribution in [3.05, 3.63) is 65.5 Å². The van der Waals surface area contributed by atoms with Crippen LogP contribution < -0.4 is 4.90 Å². The van der Waals surface area contributed by atoms with Crippen LogP contribution in [0.4, 0.5) is 14.9 Å². The number of anilines is 1. The van der Waals surface area contributed by atoms with Gasteiger partial charge in [-0.3, -0.25) is 4.90 Å². The summed E-state index contributed by atoms with van der Waals surface area (Å²) in [7, 11) is 4.21. The van der Waals surface area contributed by atoms with Crippen molar-refractivity contribution in [2.75, 3.05) is 26.2 Å². The third-order valence-electron chi connectivity index (χ3n) is 4.32. The van der Waals surface area contributed by atoms with Gasteiger partial charge in [0.1, 0.15) is 24.9 Å². The lowest BCUT2D eigenvalue weighted by molar-refractivity contribution is 0.103. The summed E-state index contributed by atoms with van der Waals surface area (Å²) in [5, 5.41) is 12.3. The van der Waals surface area contributed by atoms with E-state index in [-0.39, 0.29) is 5.82 Å². The fourth-order valence-electron chi connectivity index (χ4n) is 2.71. The molecule has 0 fully saturated rings. The molecule has 0 saturated carbocycles. The molecule has 0 aliphatic heterocycles. The summed E-state index contributed by atoms with van der Waals surface area (Å²) in [5.41, 5.74) is 2.67. The van der Waals surface area contributed by atoms with Gasteiger partial charge in [0.05, 0.1) is 24.7 Å². The average molecular weight is 428 g/mol. The van der Waals surface area contributed by atoms with E-state index in [1.807, 2.05) is 6.07 Å². The fraction of sp³-hybridized carbons (Fsp3) is 0.273. The highest BCUT2D eigenvalue weighted by atomic mass is 19.1. The van der Waals surface area contributed by atoms with E-state index in [0.717, 1.165) is 0 Å². The van der Waals surface area contributed by atoms with Crippen LogP contribution >= 0.6 is 0 Å². The highest BCUT2D eigenvalue weighted by Gasteiger charge is 2.24. The number of benzene rings is 2. The summed E-state index contributed by atoms with van der Waals surface area (Å²) < 4.78 is 23.4. The molecule has 2 aromatic carbocycles. The maximum atomic E-state index is 13.2. The first kappa shape index (κ1) is 23.7. The van der Waals surface area contributed by atoms with E-state index in [9.17, 15) is 9.18 Å². The summed E-state index contributed by atoms with van der Waals surface area (Å²) in [5.74, 6) is -0.356. The van der Waals surface area contributed by atoms with Crippen LogP contribution in [0.5, 0.6) is 0 Å². The van der Waals surface area contributed by atoms with Gasteiger partial charge in [-0.05, 0) is 44.2 Å². The van der Waals surface area contributed by atoms with Gasteiger partial charge in [-0.1, -0.05) is 23.4 Å². The van der Waals surface area contributed by atoms with E-state index >= 15 is 0 Å². The third kappa shape index (κ3) is 6.19. The number of rotatable bonds is 8. The monoisotopic (exact) mass is 428 g/mol. The van der Waals surface area contributed by atoms with E-state index < -0.39 is 12.3 Å². The van der Waals surface area contributed by atoms with Crippen LogP contribution in [0.15, 0.2) is 63.9 Å². The molecule has 0 aliphatic carbocycles. The topological polar surface area (TPSA) is 85.1 Å². The zero-order chi connectivity index (χ0) is 22.8. The predicted molar refractivity (Wildman–Crippen MR) is 118 cm³/mol. The Morgan fingerprint density at radius 2 is 1.77 bits per heavy atom. The number of carbonyl (C=O) groups is 1. The van der Waals surface area contributed by atoms with Crippen LogP contribution in [0, 0.1) is 5.82 Å². The molecule has 8 nitrogen and oxygen atoms in total. The molecule has 0 radical (unpaired) electrons. The maximum absolute atomic E-state index is 13.2. The van der Waals surface area contributed by atoms with E-state index in [2.05, 4.69) is 15.4 Å². The number of oxime groups is 1. The lowest BCUT2D eigenvalue weighted by Crippen LogP contribution is -2.40.